The number of phosphoric ester groups is 2. The number of aliphatic hydroxyl groups excluding tert-OH is 1. The Kier molecular flexibility index (Phi) is 11.9. The smallest absolute Gasteiger partial charge is 0.390 e. The maximum absolute atomic E-state index is 13.2. The number of nitrogens with two attached hydrogens (primary N) is 1. The number of phosphoric acid groups is 2. The summed E-state index contributed by atoms with van der Waals surface area (Å²) < 4.78 is 81.8. The molecule has 0 amide bonds. The maximum atomic E-state index is 13.2. The summed E-state index contributed by atoms with van der Waals surface area (Å²) in [6, 6.07) is 0. The Morgan fingerprint density at radius 3 is 2.34 bits per heavy atom. The van der Waals surface area contributed by atoms with Gasteiger partial charge in [0.15, 0.2) is 11.2 Å². The number of H-pyrrole nitrogens is 2. The lowest BCUT2D eigenvalue weighted by Crippen LogP contribution is -2.33. The van der Waals surface area contributed by atoms with Crippen molar-refractivity contribution in [2.75, 3.05) is 32.2 Å². The van der Waals surface area contributed by atoms with Gasteiger partial charge in [0.25, 0.3) is 11.1 Å². The Bertz CT molecular complexity index is 2110. The number of rotatable bonds is 15. The minimum Gasteiger partial charge on any atom is -0.390 e. The Balaban J connectivity index is 1.12. The van der Waals surface area contributed by atoms with Crippen LogP contribution in [-0.4, -0.2) is 112 Å². The number of ether oxygens (including phenoxy) is 3. The van der Waals surface area contributed by atoms with Crippen LogP contribution in [0.5, 0.6) is 0 Å². The second kappa shape index (κ2) is 15.9. The van der Waals surface area contributed by atoms with E-state index in [0.717, 1.165) is 4.57 Å². The van der Waals surface area contributed by atoms with Gasteiger partial charge in [-0.2, -0.15) is 4.98 Å². The lowest BCUT2D eigenvalue weighted by molar-refractivity contribution is -0.0585. The van der Waals surface area contributed by atoms with Crippen molar-refractivity contribution in [3.63, 3.8) is 0 Å². The van der Waals surface area contributed by atoms with E-state index >= 15 is 0 Å². The fourth-order valence-corrected chi connectivity index (χ4v) is 8.12. The summed E-state index contributed by atoms with van der Waals surface area (Å²) in [5.74, 6) is -0.181. The highest BCUT2D eigenvalue weighted by Gasteiger charge is 2.45. The number of anilines is 1. The number of fused-ring (bicyclic) bond motifs is 1. The third-order valence-electron chi connectivity index (χ3n) is 8.44. The molecule has 6 rings (SSSR count). The molecule has 8 N–H and O–H groups in total. The topological polar surface area (TPSA) is 350 Å². The van der Waals surface area contributed by atoms with Gasteiger partial charge in [0.05, 0.1) is 25.6 Å². The van der Waals surface area contributed by atoms with Crippen LogP contribution in [0.3, 0.4) is 0 Å². The molecule has 0 aromatic carbocycles. The van der Waals surface area contributed by atoms with E-state index < -0.39 is 110 Å². The van der Waals surface area contributed by atoms with Gasteiger partial charge in [-0.15, -0.1) is 9.42 Å². The van der Waals surface area contributed by atoms with Crippen molar-refractivity contribution in [1.29, 1.82) is 0 Å². The van der Waals surface area contributed by atoms with Gasteiger partial charge in [0.2, 0.25) is 5.95 Å². The molecule has 0 spiro atoms. The lowest BCUT2D eigenvalue weighted by atomic mass is 10.2. The molecule has 3 aliphatic heterocycles. The van der Waals surface area contributed by atoms with Crippen LogP contribution in [0.4, 0.5) is 5.95 Å². The number of hydrogen-bond donors (Lipinski definition) is 7. The molecule has 3 aliphatic rings. The third-order valence-corrected chi connectivity index (χ3v) is 10.8. The Morgan fingerprint density at radius 1 is 0.962 bits per heavy atom. The van der Waals surface area contributed by atoms with Gasteiger partial charge in [0, 0.05) is 42.2 Å². The Hall–Kier alpha value is -3.09. The van der Waals surface area contributed by atoms with Crippen LogP contribution >= 0.6 is 23.9 Å². The molecule has 11 atom stereocenters. The third kappa shape index (κ3) is 9.42. The normalized spacial score (nSPS) is 30.1. The first kappa shape index (κ1) is 39.6. The number of nitrogen functional groups attached to an aromatic ring is 1. The zero-order valence-corrected chi connectivity index (χ0v) is 30.1. The first-order chi connectivity index (χ1) is 25.0. The lowest BCUT2D eigenvalue weighted by Gasteiger charge is -2.24. The van der Waals surface area contributed by atoms with E-state index in [9.17, 15) is 43.0 Å². The monoisotopic (exact) mass is 814 g/mol. The molecule has 53 heavy (non-hydrogen) atoms. The maximum Gasteiger partial charge on any atom is 0.694 e. The molecular formula is C25H35N7O18P3+. The molecule has 6 heterocycles. The van der Waals surface area contributed by atoms with Gasteiger partial charge in [-0.3, -0.25) is 46.8 Å². The molecule has 25 nitrogen and oxygen atoms in total. The van der Waals surface area contributed by atoms with Gasteiger partial charge in [-0.1, -0.05) is 0 Å². The van der Waals surface area contributed by atoms with Crippen LogP contribution < -0.4 is 22.5 Å². The molecule has 3 fully saturated rings. The number of aliphatic hydroxyl groups is 1. The molecule has 3 aromatic heterocycles. The predicted molar refractivity (Wildman–Crippen MR) is 173 cm³/mol. The van der Waals surface area contributed by atoms with E-state index in [1.807, 2.05) is 0 Å². The summed E-state index contributed by atoms with van der Waals surface area (Å²) in [5.41, 5.74) is 3.66. The van der Waals surface area contributed by atoms with E-state index in [0.29, 0.717) is 0 Å². The van der Waals surface area contributed by atoms with Crippen LogP contribution in [0.1, 0.15) is 37.3 Å². The van der Waals surface area contributed by atoms with Crippen molar-refractivity contribution in [3.8, 4) is 0 Å². The number of aromatic amines is 2. The van der Waals surface area contributed by atoms with E-state index in [1.165, 1.54) is 24.0 Å². The summed E-state index contributed by atoms with van der Waals surface area (Å²) in [6.07, 6.45) is -7.30. The van der Waals surface area contributed by atoms with Crippen LogP contribution in [0.2, 0.25) is 0 Å². The van der Waals surface area contributed by atoms with Gasteiger partial charge < -0.3 is 34.8 Å². The summed E-state index contributed by atoms with van der Waals surface area (Å²) >= 11 is 0. The first-order valence-electron chi connectivity index (χ1n) is 15.7. The highest BCUT2D eigenvalue weighted by molar-refractivity contribution is 7.47. The van der Waals surface area contributed by atoms with Crippen LogP contribution in [0.15, 0.2) is 26.9 Å². The highest BCUT2D eigenvalue weighted by Crippen LogP contribution is 2.51. The number of aromatic nitrogens is 6. The SMILES string of the molecule is Cc1cn([C@H]2C[C@H](OP(=O)(O)OC[C@H]3O[C@@H](n4cnc5c(=O)[nH]c(N)nc54)C[C@@H]3O)[C@@H](COP(=O)(O)O[C@H]3CCO[C@@H]3CO[P+](=O)O)O2)c(=O)[nH]c1=O. The molecule has 292 valence electrons. The van der Waals surface area contributed by atoms with E-state index in [-0.39, 0.29) is 48.5 Å². The molecule has 0 radical (unpaired) electrons. The van der Waals surface area contributed by atoms with Crippen molar-refractivity contribution in [2.24, 2.45) is 0 Å². The zero-order chi connectivity index (χ0) is 38.2. The molecule has 3 aromatic rings. The quantitative estimate of drug-likeness (QED) is 0.0900. The zero-order valence-electron chi connectivity index (χ0n) is 27.4. The Labute approximate surface area is 297 Å². The summed E-state index contributed by atoms with van der Waals surface area (Å²) in [4.78, 5) is 79.2. The second-order valence-corrected chi connectivity index (χ2v) is 15.6. The average molecular weight is 815 g/mol. The molecule has 28 heteroatoms. The summed E-state index contributed by atoms with van der Waals surface area (Å²) in [6.45, 7) is -0.390. The number of aryl methyl sites for hydroxylation is 1. The fraction of sp³-hybridized carbons (Fsp3) is 0.640. The van der Waals surface area contributed by atoms with Gasteiger partial charge in [-0.25, -0.2) is 18.9 Å². The molecule has 3 saturated heterocycles. The molecular weight excluding hydrogens is 779 g/mol. The standard InChI is InChI=1S/C25H34N7O18P3/c1-11-6-31(25(36)30-22(11)34)19-5-14(17(48-19)9-46-52(39,40)49-13-2-3-43-16(13)7-44-51(37)38)50-53(41,42)45-8-15-12(33)4-18(47-15)32-10-27-20-21(32)28-24(26)29-23(20)35/h6,10,12-19,33H,2-5,7-9H2,1H3,(H6-,26,28,29,30,34,35,36,37,38,39,40,41,42)/p+1/t12-,13-,14-,15+,16+,17+,18+,19+/m0/s1. The molecule has 0 saturated carbocycles. The van der Waals surface area contributed by atoms with Gasteiger partial charge in [-0.05, 0) is 6.92 Å². The molecule has 3 unspecified atom stereocenters. The van der Waals surface area contributed by atoms with Crippen molar-refractivity contribution in [3.05, 3.63) is 49.3 Å². The first-order valence-corrected chi connectivity index (χ1v) is 19.9. The van der Waals surface area contributed by atoms with Crippen molar-refractivity contribution in [2.45, 2.75) is 75.3 Å². The largest absolute Gasteiger partial charge is 0.694 e. The van der Waals surface area contributed by atoms with Crippen LogP contribution in [0, 0.1) is 6.92 Å². The summed E-state index contributed by atoms with van der Waals surface area (Å²) in [7, 11) is -12.9. The fourth-order valence-electron chi connectivity index (χ4n) is 5.90. The second-order valence-electron chi connectivity index (χ2n) is 12.1. The molecule has 0 bridgehead atoms. The van der Waals surface area contributed by atoms with Gasteiger partial charge >= 0.3 is 29.6 Å². The number of nitrogens with zero attached hydrogens (tertiary/aromatic N) is 4. The number of nitrogens with one attached hydrogen (secondary N) is 2. The van der Waals surface area contributed by atoms with Crippen molar-refractivity contribution in [1.82, 2.24) is 29.1 Å². The Morgan fingerprint density at radius 2 is 1.62 bits per heavy atom. The van der Waals surface area contributed by atoms with Crippen LogP contribution in [-0.2, 0) is 50.5 Å². The minimum atomic E-state index is -5.05. The van der Waals surface area contributed by atoms with Crippen molar-refractivity contribution >= 4 is 41.0 Å². The minimum absolute atomic E-state index is 0.0344. The van der Waals surface area contributed by atoms with E-state index in [2.05, 4.69) is 24.5 Å². The molecule has 0 aliphatic carbocycles. The number of hydrogen-bond acceptors (Lipinski definition) is 18. The predicted octanol–water partition coefficient (Wildman–Crippen LogP) is -1.04. The van der Waals surface area contributed by atoms with Crippen LogP contribution in [0.25, 0.3) is 11.2 Å². The van der Waals surface area contributed by atoms with Gasteiger partial charge in [0.1, 0.15) is 49.6 Å². The van der Waals surface area contributed by atoms with E-state index in [1.54, 1.807) is 0 Å². The average Bonchev–Trinajstić information content (AvgIpc) is 3.86. The number of imidazole rings is 1. The van der Waals surface area contributed by atoms with E-state index in [4.69, 9.17) is 42.9 Å². The highest BCUT2D eigenvalue weighted by atomic mass is 31.2. The van der Waals surface area contributed by atoms with Crippen molar-refractivity contribution < 1.29 is 70.3 Å². The summed E-state index contributed by atoms with van der Waals surface area (Å²) in [5, 5.41) is 10.7.